The Morgan fingerprint density at radius 1 is 1.57 bits per heavy atom. The number of carbonyl (C=O) groups is 1. The second-order valence-electron chi connectivity index (χ2n) is 4.52. The van der Waals surface area contributed by atoms with Gasteiger partial charge in [-0.15, -0.1) is 0 Å². The highest BCUT2D eigenvalue weighted by Crippen LogP contribution is 2.25. The zero-order valence-electron chi connectivity index (χ0n) is 8.80. The maximum Gasteiger partial charge on any atom is 0.226 e. The molecule has 2 rings (SSSR count). The van der Waals surface area contributed by atoms with E-state index >= 15 is 0 Å². The van der Waals surface area contributed by atoms with E-state index in [1.54, 1.807) is 0 Å². The van der Waals surface area contributed by atoms with Gasteiger partial charge in [0.15, 0.2) is 0 Å². The van der Waals surface area contributed by atoms with E-state index in [0.717, 1.165) is 26.1 Å². The molecular weight excluding hydrogens is 180 g/mol. The van der Waals surface area contributed by atoms with Crippen molar-refractivity contribution in [1.82, 2.24) is 10.6 Å². The summed E-state index contributed by atoms with van der Waals surface area (Å²) in [6.07, 6.45) is 1.04. The molecule has 2 atom stereocenters. The summed E-state index contributed by atoms with van der Waals surface area (Å²) in [7, 11) is 0. The van der Waals surface area contributed by atoms with Crippen molar-refractivity contribution in [2.75, 3.05) is 19.7 Å². The van der Waals surface area contributed by atoms with Crippen molar-refractivity contribution in [1.29, 1.82) is 0 Å². The Kier molecular flexibility index (Phi) is 2.49. The first-order valence-corrected chi connectivity index (χ1v) is 5.26. The van der Waals surface area contributed by atoms with Gasteiger partial charge in [-0.2, -0.15) is 0 Å². The largest absolute Gasteiger partial charge is 0.376 e. The van der Waals surface area contributed by atoms with Gasteiger partial charge in [-0.25, -0.2) is 0 Å². The lowest BCUT2D eigenvalue weighted by Gasteiger charge is -2.33. The first-order chi connectivity index (χ1) is 6.62. The van der Waals surface area contributed by atoms with Gasteiger partial charge >= 0.3 is 0 Å². The standard InChI is InChI=1S/C10H18N2O2/c1-7-10(2,3-4-14-7)12-9(13)8-5-11-6-8/h7-8,11H,3-6H2,1-2H3,(H,12,13). The zero-order valence-corrected chi connectivity index (χ0v) is 8.80. The molecule has 2 fully saturated rings. The highest BCUT2D eigenvalue weighted by atomic mass is 16.5. The van der Waals surface area contributed by atoms with Crippen LogP contribution in [-0.4, -0.2) is 37.2 Å². The van der Waals surface area contributed by atoms with Crippen molar-refractivity contribution >= 4 is 5.91 Å². The Morgan fingerprint density at radius 3 is 2.71 bits per heavy atom. The molecule has 14 heavy (non-hydrogen) atoms. The second kappa shape index (κ2) is 3.51. The Balaban J connectivity index is 1.91. The van der Waals surface area contributed by atoms with Crippen LogP contribution in [0.3, 0.4) is 0 Å². The molecule has 0 bridgehead atoms. The van der Waals surface area contributed by atoms with Gasteiger partial charge in [-0.3, -0.25) is 4.79 Å². The van der Waals surface area contributed by atoms with E-state index in [9.17, 15) is 4.79 Å². The molecule has 2 aliphatic heterocycles. The van der Waals surface area contributed by atoms with E-state index in [1.807, 2.05) is 6.92 Å². The van der Waals surface area contributed by atoms with Gasteiger partial charge in [-0.05, 0) is 20.3 Å². The van der Waals surface area contributed by atoms with Crippen LogP contribution in [-0.2, 0) is 9.53 Å². The molecule has 2 saturated heterocycles. The summed E-state index contributed by atoms with van der Waals surface area (Å²) < 4.78 is 5.47. The molecule has 0 radical (unpaired) electrons. The molecule has 80 valence electrons. The summed E-state index contributed by atoms with van der Waals surface area (Å²) in [6, 6.07) is 0. The molecular formula is C10H18N2O2. The summed E-state index contributed by atoms with van der Waals surface area (Å²) in [5.41, 5.74) is -0.160. The van der Waals surface area contributed by atoms with Crippen LogP contribution in [0, 0.1) is 5.92 Å². The van der Waals surface area contributed by atoms with Gasteiger partial charge in [0, 0.05) is 19.7 Å². The summed E-state index contributed by atoms with van der Waals surface area (Å²) in [5, 5.41) is 6.20. The van der Waals surface area contributed by atoms with Gasteiger partial charge in [-0.1, -0.05) is 0 Å². The van der Waals surface area contributed by atoms with Crippen molar-refractivity contribution in [3.8, 4) is 0 Å². The van der Waals surface area contributed by atoms with Gasteiger partial charge in [0.1, 0.15) is 0 Å². The zero-order chi connectivity index (χ0) is 10.2. The number of rotatable bonds is 2. The van der Waals surface area contributed by atoms with Crippen LogP contribution >= 0.6 is 0 Å². The SMILES string of the molecule is CC1OCCC1(C)NC(=O)C1CNC1. The molecule has 2 unspecified atom stereocenters. The molecule has 4 heteroatoms. The minimum Gasteiger partial charge on any atom is -0.376 e. The van der Waals surface area contributed by atoms with Crippen LogP contribution in [0.5, 0.6) is 0 Å². The maximum absolute atomic E-state index is 11.7. The lowest BCUT2D eigenvalue weighted by molar-refractivity contribution is -0.128. The normalized spacial score (nSPS) is 38.0. The molecule has 2 heterocycles. The molecule has 2 aliphatic rings. The number of nitrogens with one attached hydrogen (secondary N) is 2. The second-order valence-corrected chi connectivity index (χ2v) is 4.52. The van der Waals surface area contributed by atoms with E-state index in [2.05, 4.69) is 17.6 Å². The Bertz CT molecular complexity index is 240. The molecule has 2 N–H and O–H groups in total. The monoisotopic (exact) mass is 198 g/mol. The first kappa shape index (κ1) is 9.93. The van der Waals surface area contributed by atoms with Gasteiger partial charge in [0.05, 0.1) is 17.6 Å². The number of amides is 1. The molecule has 0 spiro atoms. The van der Waals surface area contributed by atoms with Gasteiger partial charge in [0.25, 0.3) is 0 Å². The van der Waals surface area contributed by atoms with Gasteiger partial charge < -0.3 is 15.4 Å². The quantitative estimate of drug-likeness (QED) is 0.651. The smallest absolute Gasteiger partial charge is 0.226 e. The highest BCUT2D eigenvalue weighted by Gasteiger charge is 2.40. The molecule has 1 amide bonds. The third-order valence-corrected chi connectivity index (χ3v) is 3.45. The maximum atomic E-state index is 11.7. The van der Waals surface area contributed by atoms with Crippen molar-refractivity contribution in [3.05, 3.63) is 0 Å². The number of hydrogen-bond donors (Lipinski definition) is 2. The summed E-state index contributed by atoms with van der Waals surface area (Å²) in [5.74, 6) is 0.336. The fraction of sp³-hybridized carbons (Fsp3) is 0.900. The lowest BCUT2D eigenvalue weighted by atomic mass is 9.92. The van der Waals surface area contributed by atoms with Crippen molar-refractivity contribution in [3.63, 3.8) is 0 Å². The van der Waals surface area contributed by atoms with E-state index < -0.39 is 0 Å². The number of carbonyl (C=O) groups excluding carboxylic acids is 1. The van der Waals surface area contributed by atoms with E-state index in [4.69, 9.17) is 4.74 Å². The Hall–Kier alpha value is -0.610. The van der Waals surface area contributed by atoms with Crippen molar-refractivity contribution in [2.45, 2.75) is 31.9 Å². The van der Waals surface area contributed by atoms with Crippen molar-refractivity contribution in [2.24, 2.45) is 5.92 Å². The van der Waals surface area contributed by atoms with E-state index in [-0.39, 0.29) is 23.5 Å². The van der Waals surface area contributed by atoms with Crippen molar-refractivity contribution < 1.29 is 9.53 Å². The summed E-state index contributed by atoms with van der Waals surface area (Å²) in [6.45, 7) is 6.47. The summed E-state index contributed by atoms with van der Waals surface area (Å²) >= 11 is 0. The minimum atomic E-state index is -0.160. The van der Waals surface area contributed by atoms with Crippen LogP contribution in [0.4, 0.5) is 0 Å². The third kappa shape index (κ3) is 1.64. The predicted octanol–water partition coefficient (Wildman–Crippen LogP) is -0.110. The first-order valence-electron chi connectivity index (χ1n) is 5.26. The molecule has 0 saturated carbocycles. The van der Waals surface area contributed by atoms with Crippen LogP contribution in [0.15, 0.2) is 0 Å². The van der Waals surface area contributed by atoms with Crippen LogP contribution in [0.1, 0.15) is 20.3 Å². The Labute approximate surface area is 84.4 Å². The molecule has 0 aromatic carbocycles. The minimum absolute atomic E-state index is 0.125. The lowest BCUT2D eigenvalue weighted by Crippen LogP contribution is -2.58. The van der Waals surface area contributed by atoms with Crippen LogP contribution < -0.4 is 10.6 Å². The molecule has 4 nitrogen and oxygen atoms in total. The fourth-order valence-electron chi connectivity index (χ4n) is 1.86. The van der Waals surface area contributed by atoms with Crippen LogP contribution in [0.2, 0.25) is 0 Å². The summed E-state index contributed by atoms with van der Waals surface area (Å²) in [4.78, 5) is 11.7. The molecule has 0 aromatic heterocycles. The number of ether oxygens (including phenoxy) is 1. The predicted molar refractivity (Wildman–Crippen MR) is 52.9 cm³/mol. The van der Waals surface area contributed by atoms with E-state index in [1.165, 1.54) is 0 Å². The molecule has 0 aromatic rings. The Morgan fingerprint density at radius 2 is 2.29 bits per heavy atom. The van der Waals surface area contributed by atoms with Crippen LogP contribution in [0.25, 0.3) is 0 Å². The topological polar surface area (TPSA) is 50.4 Å². The van der Waals surface area contributed by atoms with E-state index in [0.29, 0.717) is 0 Å². The number of hydrogen-bond acceptors (Lipinski definition) is 3. The fourth-order valence-corrected chi connectivity index (χ4v) is 1.86. The van der Waals surface area contributed by atoms with Gasteiger partial charge in [0.2, 0.25) is 5.91 Å². The highest BCUT2D eigenvalue weighted by molar-refractivity contribution is 5.80. The third-order valence-electron chi connectivity index (χ3n) is 3.45. The average Bonchev–Trinajstić information content (AvgIpc) is 2.27. The average molecular weight is 198 g/mol. The molecule has 0 aliphatic carbocycles.